The number of amides is 3. The number of nitrogens with two attached hydrogens (primary N) is 3. The molecule has 11 N–H and O–H groups in total. The van der Waals surface area contributed by atoms with E-state index in [1.807, 2.05) is 38.1 Å². The number of aromatic nitrogens is 1. The molecule has 0 saturated heterocycles. The molecule has 282 valence electrons. The van der Waals surface area contributed by atoms with E-state index in [2.05, 4.69) is 20.6 Å². The monoisotopic (exact) mass is 719 g/mol. The summed E-state index contributed by atoms with van der Waals surface area (Å²) in [5, 5.41) is 25.7. The zero-order valence-corrected chi connectivity index (χ0v) is 30.1. The number of guanidine groups is 1. The first-order valence-corrected chi connectivity index (χ1v) is 17.6. The summed E-state index contributed by atoms with van der Waals surface area (Å²) < 4.78 is 0. The van der Waals surface area contributed by atoms with Crippen LogP contribution in [0.15, 0.2) is 59.7 Å². The average Bonchev–Trinajstić information content (AvgIpc) is 3.50. The van der Waals surface area contributed by atoms with Gasteiger partial charge in [-0.05, 0) is 67.3 Å². The number of nitrogens with one attached hydrogen (secondary N) is 3. The number of nitrogens with zero attached hydrogens (tertiary/aromatic N) is 1. The third-order valence-electron chi connectivity index (χ3n) is 9.09. The number of Topliss-reactive ketones (excluding diaryl/α,β-unsaturated/α-hetero) is 2. The van der Waals surface area contributed by atoms with Gasteiger partial charge in [-0.2, -0.15) is 0 Å². The number of aliphatic hydroxyl groups excluding tert-OH is 1. The predicted molar refractivity (Wildman–Crippen MR) is 199 cm³/mol. The Kier molecular flexibility index (Phi) is 15.8. The van der Waals surface area contributed by atoms with Crippen molar-refractivity contribution in [3.8, 4) is 5.75 Å². The summed E-state index contributed by atoms with van der Waals surface area (Å²) in [6.07, 6.45) is 3.07. The molecule has 0 aliphatic heterocycles. The van der Waals surface area contributed by atoms with E-state index in [1.54, 1.807) is 25.3 Å². The quantitative estimate of drug-likeness (QED) is 0.0429. The van der Waals surface area contributed by atoms with Gasteiger partial charge in [-0.3, -0.25) is 29.0 Å². The number of carbonyl (C=O) groups is 5. The van der Waals surface area contributed by atoms with E-state index in [4.69, 9.17) is 17.2 Å². The first-order valence-electron chi connectivity index (χ1n) is 17.6. The zero-order valence-electron chi connectivity index (χ0n) is 30.1. The molecule has 14 heteroatoms. The fourth-order valence-corrected chi connectivity index (χ4v) is 6.12. The van der Waals surface area contributed by atoms with Gasteiger partial charge in [-0.1, -0.05) is 51.1 Å². The Morgan fingerprint density at radius 1 is 0.827 bits per heavy atom. The van der Waals surface area contributed by atoms with Crippen LogP contribution in [0.5, 0.6) is 5.75 Å². The van der Waals surface area contributed by atoms with Crippen molar-refractivity contribution >= 4 is 46.2 Å². The smallest absolute Gasteiger partial charge is 0.242 e. The van der Waals surface area contributed by atoms with E-state index in [1.165, 1.54) is 12.1 Å². The number of aliphatic hydroxyl groups is 1. The molecular formula is C38H53N7O7. The van der Waals surface area contributed by atoms with Gasteiger partial charge < -0.3 is 43.0 Å². The zero-order chi connectivity index (χ0) is 38.4. The molecule has 1 aromatic heterocycles. The summed E-state index contributed by atoms with van der Waals surface area (Å²) in [5.41, 5.74) is 18.5. The van der Waals surface area contributed by atoms with Crippen LogP contribution in [0.2, 0.25) is 0 Å². The topological polar surface area (TPSA) is 256 Å². The van der Waals surface area contributed by atoms with Crippen LogP contribution < -0.4 is 27.8 Å². The van der Waals surface area contributed by atoms with Gasteiger partial charge in [0.1, 0.15) is 17.6 Å². The fourth-order valence-electron chi connectivity index (χ4n) is 6.12. The highest BCUT2D eigenvalue weighted by atomic mass is 16.3. The number of carbonyl (C=O) groups excluding carboxylic acids is 5. The van der Waals surface area contributed by atoms with E-state index in [9.17, 15) is 34.2 Å². The first-order chi connectivity index (χ1) is 24.7. The van der Waals surface area contributed by atoms with Crippen molar-refractivity contribution in [3.63, 3.8) is 0 Å². The summed E-state index contributed by atoms with van der Waals surface area (Å²) in [6, 6.07) is 11.5. The van der Waals surface area contributed by atoms with Crippen molar-refractivity contribution in [3.05, 3.63) is 65.9 Å². The van der Waals surface area contributed by atoms with Crippen LogP contribution in [0, 0.1) is 23.7 Å². The van der Waals surface area contributed by atoms with Gasteiger partial charge in [0, 0.05) is 54.2 Å². The van der Waals surface area contributed by atoms with Gasteiger partial charge >= 0.3 is 0 Å². The molecular weight excluding hydrogens is 666 g/mol. The maximum absolute atomic E-state index is 14.1. The van der Waals surface area contributed by atoms with Crippen LogP contribution in [0.4, 0.5) is 0 Å². The molecule has 0 fully saturated rings. The Hall–Kier alpha value is -5.24. The SMILES string of the molecule is CC(C)C[C@H](NC(=O)[C@@H](CC(=O)[C@H](C)CCCN=C(N)N)Cc1ccc(O)cc1)C(=O)C[C@@H](Cc1c[nH]c2ccccc12)C(=O)N[C@@H](CO)C(N)=O. The summed E-state index contributed by atoms with van der Waals surface area (Å²) >= 11 is 0. The molecule has 0 bridgehead atoms. The lowest BCUT2D eigenvalue weighted by atomic mass is 9.86. The molecule has 3 amide bonds. The number of H-pyrrole nitrogens is 1. The van der Waals surface area contributed by atoms with Crippen LogP contribution in [0.1, 0.15) is 64.0 Å². The molecule has 1 heterocycles. The number of aromatic hydroxyl groups is 1. The maximum atomic E-state index is 14.1. The number of aliphatic imine (C=N–C) groups is 1. The molecule has 0 spiro atoms. The van der Waals surface area contributed by atoms with Crippen LogP contribution in [-0.2, 0) is 36.8 Å². The summed E-state index contributed by atoms with van der Waals surface area (Å²) in [5.74, 6) is -4.73. The highest BCUT2D eigenvalue weighted by Crippen LogP contribution is 2.25. The Balaban J connectivity index is 1.86. The van der Waals surface area contributed by atoms with Gasteiger partial charge in [0.25, 0.3) is 0 Å². The number of phenols is 1. The number of phenolic OH excluding ortho intramolecular Hbond substituents is 1. The van der Waals surface area contributed by atoms with Crippen molar-refractivity contribution in [2.75, 3.05) is 13.2 Å². The van der Waals surface area contributed by atoms with Crippen LogP contribution in [-0.4, -0.2) is 75.7 Å². The number of hydrogen-bond acceptors (Lipinski definition) is 8. The van der Waals surface area contributed by atoms with E-state index >= 15 is 0 Å². The van der Waals surface area contributed by atoms with Crippen LogP contribution >= 0.6 is 0 Å². The maximum Gasteiger partial charge on any atom is 0.242 e. The van der Waals surface area contributed by atoms with Crippen molar-refractivity contribution < 1.29 is 34.2 Å². The number of para-hydroxylation sites is 1. The summed E-state index contributed by atoms with van der Waals surface area (Å²) in [4.78, 5) is 74.0. The number of ketones is 2. The van der Waals surface area contributed by atoms with Crippen molar-refractivity contribution in [1.29, 1.82) is 0 Å². The highest BCUT2D eigenvalue weighted by molar-refractivity contribution is 5.95. The number of benzene rings is 2. The number of hydrogen-bond donors (Lipinski definition) is 8. The largest absolute Gasteiger partial charge is 0.508 e. The molecule has 3 aromatic rings. The summed E-state index contributed by atoms with van der Waals surface area (Å²) in [6.45, 7) is 5.26. The second-order valence-electron chi connectivity index (χ2n) is 13.9. The van der Waals surface area contributed by atoms with Crippen molar-refractivity contribution in [2.24, 2.45) is 45.9 Å². The average molecular weight is 720 g/mol. The molecule has 3 rings (SSSR count). The normalized spacial score (nSPS) is 14.2. The number of primary amides is 1. The van der Waals surface area contributed by atoms with E-state index < -0.39 is 54.0 Å². The van der Waals surface area contributed by atoms with E-state index in [0.717, 1.165) is 22.0 Å². The lowest BCUT2D eigenvalue weighted by Gasteiger charge is -2.26. The van der Waals surface area contributed by atoms with Gasteiger partial charge in [-0.15, -0.1) is 0 Å². The second-order valence-corrected chi connectivity index (χ2v) is 13.9. The molecule has 52 heavy (non-hydrogen) atoms. The highest BCUT2D eigenvalue weighted by Gasteiger charge is 2.33. The molecule has 5 atom stereocenters. The molecule has 0 aliphatic carbocycles. The van der Waals surface area contributed by atoms with Gasteiger partial charge in [-0.25, -0.2) is 0 Å². The van der Waals surface area contributed by atoms with Gasteiger partial charge in [0.15, 0.2) is 11.7 Å². The fraction of sp³-hybridized carbons (Fsp3) is 0.474. The standard InChI is InChI=1S/C38H53N7O7/c1-22(2)15-31(34(49)19-26(37(52)45-32(21-46)35(39)50)17-27-20-43-30-9-5-4-8-29(27)30)44-36(51)25(16-24-10-12-28(47)13-11-24)18-33(48)23(3)7-6-14-42-38(40)41/h4-5,8-13,20,22-23,25-26,31-32,43,46-47H,6-7,14-19,21H2,1-3H3,(H2,39,50)(H,44,51)(H,45,52)(H4,40,41,42)/t23-,25-,26-,31+,32+/m1/s1. The minimum absolute atomic E-state index is 0.0220. The molecule has 2 aromatic carbocycles. The Bertz CT molecular complexity index is 1700. The van der Waals surface area contributed by atoms with E-state index in [-0.39, 0.29) is 61.4 Å². The lowest BCUT2D eigenvalue weighted by Crippen LogP contribution is -2.50. The third kappa shape index (κ3) is 12.8. The van der Waals surface area contributed by atoms with Crippen molar-refractivity contribution in [1.82, 2.24) is 15.6 Å². The third-order valence-corrected chi connectivity index (χ3v) is 9.09. The summed E-state index contributed by atoms with van der Waals surface area (Å²) in [7, 11) is 0. The lowest BCUT2D eigenvalue weighted by molar-refractivity contribution is -0.135. The number of fused-ring (bicyclic) bond motifs is 1. The predicted octanol–water partition coefficient (Wildman–Crippen LogP) is 1.99. The Labute approximate surface area is 304 Å². The Morgan fingerprint density at radius 3 is 2.06 bits per heavy atom. The van der Waals surface area contributed by atoms with Crippen LogP contribution in [0.25, 0.3) is 10.9 Å². The van der Waals surface area contributed by atoms with E-state index in [0.29, 0.717) is 19.4 Å². The molecule has 0 aliphatic rings. The number of rotatable bonds is 22. The van der Waals surface area contributed by atoms with Gasteiger partial charge in [0.05, 0.1) is 12.6 Å². The molecule has 0 saturated carbocycles. The van der Waals surface area contributed by atoms with Gasteiger partial charge in [0.2, 0.25) is 17.7 Å². The second kappa shape index (κ2) is 20.0. The first kappa shape index (κ1) is 41.2. The van der Waals surface area contributed by atoms with Crippen molar-refractivity contribution in [2.45, 2.75) is 77.8 Å². The minimum atomic E-state index is -1.34. The molecule has 14 nitrogen and oxygen atoms in total. The number of aromatic amines is 1. The molecule has 0 radical (unpaired) electrons. The minimum Gasteiger partial charge on any atom is -0.508 e. The Morgan fingerprint density at radius 2 is 1.44 bits per heavy atom. The molecule has 0 unspecified atom stereocenters. The van der Waals surface area contributed by atoms with Crippen LogP contribution in [0.3, 0.4) is 0 Å².